The van der Waals surface area contributed by atoms with E-state index < -0.39 is 0 Å². The number of hydrogen-bond donors (Lipinski definition) is 0. The molecule has 1 aromatic rings. The predicted molar refractivity (Wildman–Crippen MR) is 104 cm³/mol. The van der Waals surface area contributed by atoms with Crippen LogP contribution in [0.2, 0.25) is 0 Å². The largest absolute Gasteiger partial charge is 0.423 e. The Balaban J connectivity index is 2.43. The van der Waals surface area contributed by atoms with Gasteiger partial charge in [0.25, 0.3) is 0 Å². The molecule has 1 rings (SSSR count). The first kappa shape index (κ1) is 22.2. The van der Waals surface area contributed by atoms with E-state index in [1.54, 1.807) is 24.3 Å². The Bertz CT molecular complexity index is 535. The number of para-hydroxylation sites is 2. The third kappa shape index (κ3) is 9.02. The molecule has 0 aromatic heterocycles. The average molecular weight is 363 g/mol. The minimum Gasteiger partial charge on any atom is -0.423 e. The van der Waals surface area contributed by atoms with Crippen LogP contribution in [0.1, 0.15) is 85.0 Å². The number of esters is 2. The van der Waals surface area contributed by atoms with Gasteiger partial charge in [-0.15, -0.1) is 0 Å². The molecule has 0 aliphatic carbocycles. The molecular weight excluding hydrogens is 328 g/mol. The highest BCUT2D eigenvalue weighted by atomic mass is 16.6. The average Bonchev–Trinajstić information content (AvgIpc) is 2.64. The molecule has 0 fully saturated rings. The summed E-state index contributed by atoms with van der Waals surface area (Å²) in [4.78, 5) is 24.0. The quantitative estimate of drug-likeness (QED) is 0.243. The fraction of sp³-hybridized carbons (Fsp3) is 0.636. The summed E-state index contributed by atoms with van der Waals surface area (Å²) in [6, 6.07) is 6.86. The molecule has 0 radical (unpaired) electrons. The van der Waals surface area contributed by atoms with Crippen LogP contribution in [0.4, 0.5) is 0 Å². The van der Waals surface area contributed by atoms with Crippen LogP contribution in [0.15, 0.2) is 24.3 Å². The normalized spacial score (nSPS) is 10.8. The molecule has 0 aliphatic heterocycles. The Morgan fingerprint density at radius 3 is 1.77 bits per heavy atom. The van der Waals surface area contributed by atoms with Crippen LogP contribution >= 0.6 is 0 Å². The van der Waals surface area contributed by atoms with Crippen molar-refractivity contribution in [3.8, 4) is 11.5 Å². The van der Waals surface area contributed by atoms with Gasteiger partial charge in [-0.3, -0.25) is 9.59 Å². The van der Waals surface area contributed by atoms with Crippen molar-refractivity contribution >= 4 is 11.9 Å². The summed E-state index contributed by atoms with van der Waals surface area (Å²) in [6.07, 6.45) is 9.05. The van der Waals surface area contributed by atoms with Crippen molar-refractivity contribution in [3.05, 3.63) is 24.3 Å². The minimum absolute atomic E-state index is 0.274. The number of unbranched alkanes of at least 4 members (excludes halogenated alkanes) is 3. The van der Waals surface area contributed by atoms with Gasteiger partial charge in [0.15, 0.2) is 11.5 Å². The molecule has 0 bridgehead atoms. The van der Waals surface area contributed by atoms with Crippen molar-refractivity contribution in [1.29, 1.82) is 0 Å². The number of carbonyl (C=O) groups is 2. The van der Waals surface area contributed by atoms with E-state index in [0.29, 0.717) is 24.3 Å². The van der Waals surface area contributed by atoms with E-state index in [1.165, 1.54) is 12.8 Å². The van der Waals surface area contributed by atoms with Crippen LogP contribution in [0.3, 0.4) is 0 Å². The molecule has 0 saturated carbocycles. The van der Waals surface area contributed by atoms with Gasteiger partial charge in [0.1, 0.15) is 0 Å². The second-order valence-corrected chi connectivity index (χ2v) is 6.78. The Labute approximate surface area is 158 Å². The summed E-state index contributed by atoms with van der Waals surface area (Å²) in [5.74, 6) is 0.829. The Kier molecular flexibility index (Phi) is 11.4. The summed E-state index contributed by atoms with van der Waals surface area (Å²) >= 11 is 0. The zero-order valence-corrected chi connectivity index (χ0v) is 16.6. The standard InChI is InChI=1S/C22H34O4/c1-4-7-8-16-21(23)25-19-14-10-11-15-20(19)26-22(24)17-12-9-13-18(5-2)6-3/h10-11,14-15,18H,4-9,12-13,16-17H2,1-3H3. The molecule has 0 saturated heterocycles. The summed E-state index contributed by atoms with van der Waals surface area (Å²) in [5.41, 5.74) is 0. The molecule has 146 valence electrons. The second-order valence-electron chi connectivity index (χ2n) is 6.78. The van der Waals surface area contributed by atoms with Crippen molar-refractivity contribution in [2.75, 3.05) is 0 Å². The zero-order valence-electron chi connectivity index (χ0n) is 16.6. The lowest BCUT2D eigenvalue weighted by Crippen LogP contribution is -2.12. The summed E-state index contributed by atoms with van der Waals surface area (Å²) in [7, 11) is 0. The van der Waals surface area contributed by atoms with Crippen molar-refractivity contribution in [2.45, 2.75) is 85.0 Å². The lowest BCUT2D eigenvalue weighted by molar-refractivity contribution is -0.137. The molecule has 4 heteroatoms. The second kappa shape index (κ2) is 13.4. The predicted octanol–water partition coefficient (Wildman–Crippen LogP) is 6.07. The molecule has 1 aromatic carbocycles. The maximum absolute atomic E-state index is 12.1. The summed E-state index contributed by atoms with van der Waals surface area (Å²) in [5, 5.41) is 0. The number of hydrogen-bond acceptors (Lipinski definition) is 4. The number of ether oxygens (including phenoxy) is 2. The molecule has 0 unspecified atom stereocenters. The molecule has 0 atom stereocenters. The third-order valence-corrected chi connectivity index (χ3v) is 4.68. The maximum atomic E-state index is 12.1. The topological polar surface area (TPSA) is 52.6 Å². The highest BCUT2D eigenvalue weighted by Gasteiger charge is 2.13. The lowest BCUT2D eigenvalue weighted by atomic mass is 9.96. The van der Waals surface area contributed by atoms with Crippen LogP contribution in [0, 0.1) is 5.92 Å². The van der Waals surface area contributed by atoms with Crippen LogP contribution in [0.5, 0.6) is 11.5 Å². The first-order valence-electron chi connectivity index (χ1n) is 10.1. The van der Waals surface area contributed by atoms with Gasteiger partial charge >= 0.3 is 11.9 Å². The summed E-state index contributed by atoms with van der Waals surface area (Å²) < 4.78 is 10.8. The zero-order chi connectivity index (χ0) is 19.2. The number of benzene rings is 1. The fourth-order valence-electron chi connectivity index (χ4n) is 2.88. The molecular formula is C22H34O4. The van der Waals surface area contributed by atoms with Gasteiger partial charge in [-0.1, -0.05) is 71.4 Å². The smallest absolute Gasteiger partial charge is 0.311 e. The van der Waals surface area contributed by atoms with Crippen molar-refractivity contribution in [2.24, 2.45) is 5.92 Å². The van der Waals surface area contributed by atoms with Gasteiger partial charge in [-0.25, -0.2) is 0 Å². The van der Waals surface area contributed by atoms with Gasteiger partial charge in [0.2, 0.25) is 0 Å². The first-order valence-corrected chi connectivity index (χ1v) is 10.1. The molecule has 0 heterocycles. The number of carbonyl (C=O) groups excluding carboxylic acids is 2. The van der Waals surface area contributed by atoms with Crippen molar-refractivity contribution in [1.82, 2.24) is 0 Å². The van der Waals surface area contributed by atoms with Gasteiger partial charge in [0, 0.05) is 12.8 Å². The van der Waals surface area contributed by atoms with E-state index in [4.69, 9.17) is 9.47 Å². The number of rotatable bonds is 13. The van der Waals surface area contributed by atoms with Gasteiger partial charge in [0.05, 0.1) is 0 Å². The highest BCUT2D eigenvalue weighted by molar-refractivity contribution is 5.76. The highest BCUT2D eigenvalue weighted by Crippen LogP contribution is 2.27. The van der Waals surface area contributed by atoms with Crippen LogP contribution < -0.4 is 9.47 Å². The first-order chi connectivity index (χ1) is 12.6. The fourth-order valence-corrected chi connectivity index (χ4v) is 2.88. The van der Waals surface area contributed by atoms with E-state index in [9.17, 15) is 9.59 Å². The van der Waals surface area contributed by atoms with Gasteiger partial charge in [-0.05, 0) is 30.9 Å². The lowest BCUT2D eigenvalue weighted by Gasteiger charge is -2.12. The Hall–Kier alpha value is -1.84. The van der Waals surface area contributed by atoms with Crippen molar-refractivity contribution in [3.63, 3.8) is 0 Å². The van der Waals surface area contributed by atoms with E-state index >= 15 is 0 Å². The van der Waals surface area contributed by atoms with E-state index in [1.807, 2.05) is 0 Å². The Morgan fingerprint density at radius 2 is 1.31 bits per heavy atom. The SMILES string of the molecule is CCCCCC(=O)Oc1ccccc1OC(=O)CCCCC(CC)CC. The van der Waals surface area contributed by atoms with Crippen molar-refractivity contribution < 1.29 is 19.1 Å². The molecule has 0 aliphatic rings. The molecule has 0 amide bonds. The molecule has 0 spiro atoms. The van der Waals surface area contributed by atoms with E-state index in [0.717, 1.165) is 44.4 Å². The Morgan fingerprint density at radius 1 is 0.808 bits per heavy atom. The third-order valence-electron chi connectivity index (χ3n) is 4.68. The van der Waals surface area contributed by atoms with Crippen LogP contribution in [-0.4, -0.2) is 11.9 Å². The van der Waals surface area contributed by atoms with E-state index in [-0.39, 0.29) is 11.9 Å². The van der Waals surface area contributed by atoms with E-state index in [2.05, 4.69) is 20.8 Å². The van der Waals surface area contributed by atoms with Gasteiger partial charge < -0.3 is 9.47 Å². The summed E-state index contributed by atoms with van der Waals surface area (Å²) in [6.45, 7) is 6.51. The molecule has 0 N–H and O–H groups in total. The minimum atomic E-state index is -0.285. The molecule has 26 heavy (non-hydrogen) atoms. The van der Waals surface area contributed by atoms with Gasteiger partial charge in [-0.2, -0.15) is 0 Å². The van der Waals surface area contributed by atoms with Crippen LogP contribution in [0.25, 0.3) is 0 Å². The van der Waals surface area contributed by atoms with Crippen LogP contribution in [-0.2, 0) is 9.59 Å². The maximum Gasteiger partial charge on any atom is 0.311 e. The monoisotopic (exact) mass is 362 g/mol. The molecule has 4 nitrogen and oxygen atoms in total.